The summed E-state index contributed by atoms with van der Waals surface area (Å²) in [5.74, 6) is 0.707. The summed E-state index contributed by atoms with van der Waals surface area (Å²) < 4.78 is 11.0. The van der Waals surface area contributed by atoms with Gasteiger partial charge in [0.05, 0.1) is 17.0 Å². The predicted octanol–water partition coefficient (Wildman–Crippen LogP) is 2.64. The topological polar surface area (TPSA) is 170 Å². The number of ether oxygens (including phenoxy) is 2. The van der Waals surface area contributed by atoms with Crippen LogP contribution in [0.15, 0.2) is 52.1 Å². The Hall–Kier alpha value is -4.74. The zero-order chi connectivity index (χ0) is 23.3. The van der Waals surface area contributed by atoms with Crippen molar-refractivity contribution in [3.05, 3.63) is 100 Å². The Balaban J connectivity index is 1.83. The molecule has 164 valence electrons. The number of aromatic nitrogens is 2. The normalized spacial score (nSPS) is 10.8. The molecular formula is C20H16N4O8. The molecule has 0 saturated heterocycles. The molecule has 2 aromatic carbocycles. The van der Waals surface area contributed by atoms with Crippen molar-refractivity contribution in [2.45, 2.75) is 6.61 Å². The summed E-state index contributed by atoms with van der Waals surface area (Å²) in [5, 5.41) is 22.0. The number of non-ortho nitro benzene ring substituents is 1. The standard InChI is InChI=1S/C20H16N4O8/c1-31-17-10-12(5-7-15-18(24(29)30)19(25)22-20(26)21-15)6-8-16(17)32-11-13-3-2-4-14(9-13)23(27)28/h2-10H,11H2,1H3,(H2,21,22,25,26)/b7-5-. The van der Waals surface area contributed by atoms with E-state index in [-0.39, 0.29) is 18.0 Å². The molecule has 1 aromatic heterocycles. The molecule has 0 fully saturated rings. The zero-order valence-electron chi connectivity index (χ0n) is 16.6. The van der Waals surface area contributed by atoms with Crippen LogP contribution in [-0.4, -0.2) is 26.9 Å². The molecule has 0 spiro atoms. The molecule has 0 aliphatic carbocycles. The van der Waals surface area contributed by atoms with Crippen LogP contribution in [0.2, 0.25) is 0 Å². The summed E-state index contributed by atoms with van der Waals surface area (Å²) in [6.45, 7) is 0.0629. The van der Waals surface area contributed by atoms with Crippen molar-refractivity contribution in [1.82, 2.24) is 9.97 Å². The van der Waals surface area contributed by atoms with Gasteiger partial charge in [0.15, 0.2) is 11.5 Å². The Labute approximate surface area is 179 Å². The van der Waals surface area contributed by atoms with Gasteiger partial charge in [-0.1, -0.05) is 24.3 Å². The number of benzene rings is 2. The number of hydrogen-bond acceptors (Lipinski definition) is 8. The number of aromatic amines is 2. The third-order valence-electron chi connectivity index (χ3n) is 4.27. The van der Waals surface area contributed by atoms with E-state index >= 15 is 0 Å². The molecule has 0 saturated carbocycles. The van der Waals surface area contributed by atoms with Crippen molar-refractivity contribution >= 4 is 23.5 Å². The zero-order valence-corrected chi connectivity index (χ0v) is 16.6. The molecule has 0 radical (unpaired) electrons. The largest absolute Gasteiger partial charge is 0.493 e. The van der Waals surface area contributed by atoms with E-state index < -0.39 is 26.8 Å². The highest BCUT2D eigenvalue weighted by molar-refractivity contribution is 5.72. The molecule has 32 heavy (non-hydrogen) atoms. The van der Waals surface area contributed by atoms with Crippen molar-refractivity contribution in [3.63, 3.8) is 0 Å². The van der Waals surface area contributed by atoms with Crippen molar-refractivity contribution in [1.29, 1.82) is 0 Å². The Morgan fingerprint density at radius 2 is 1.75 bits per heavy atom. The minimum absolute atomic E-state index is 0.0505. The Morgan fingerprint density at radius 1 is 0.969 bits per heavy atom. The first kappa shape index (κ1) is 22.0. The molecule has 0 atom stereocenters. The molecule has 0 bridgehead atoms. The lowest BCUT2D eigenvalue weighted by atomic mass is 10.1. The Morgan fingerprint density at radius 3 is 2.44 bits per heavy atom. The third-order valence-corrected chi connectivity index (χ3v) is 4.27. The first-order chi connectivity index (χ1) is 15.3. The summed E-state index contributed by atoms with van der Waals surface area (Å²) in [7, 11) is 1.42. The maximum absolute atomic E-state index is 11.7. The quantitative estimate of drug-likeness (QED) is 0.397. The highest BCUT2D eigenvalue weighted by Gasteiger charge is 2.18. The fourth-order valence-corrected chi connectivity index (χ4v) is 2.81. The average molecular weight is 440 g/mol. The fourth-order valence-electron chi connectivity index (χ4n) is 2.81. The summed E-state index contributed by atoms with van der Waals surface area (Å²) in [4.78, 5) is 47.8. The van der Waals surface area contributed by atoms with Crippen LogP contribution in [0.5, 0.6) is 11.5 Å². The molecule has 12 nitrogen and oxygen atoms in total. The van der Waals surface area contributed by atoms with Crippen LogP contribution >= 0.6 is 0 Å². The van der Waals surface area contributed by atoms with Crippen LogP contribution in [0.3, 0.4) is 0 Å². The molecule has 0 unspecified atom stereocenters. The van der Waals surface area contributed by atoms with Gasteiger partial charge in [0, 0.05) is 12.1 Å². The van der Waals surface area contributed by atoms with Crippen LogP contribution in [-0.2, 0) is 6.61 Å². The SMILES string of the molecule is COc1cc(/C=C\c2[nH]c(=O)[nH]c(=O)c2[N+](=O)[O-])ccc1OCc1cccc([N+](=O)[O-])c1. The second kappa shape index (κ2) is 9.38. The molecule has 3 aromatic rings. The van der Waals surface area contributed by atoms with Crippen LogP contribution < -0.4 is 20.7 Å². The van der Waals surface area contributed by atoms with Gasteiger partial charge in [-0.05, 0) is 29.3 Å². The lowest BCUT2D eigenvalue weighted by Crippen LogP contribution is -2.25. The molecule has 12 heteroatoms. The second-order valence-electron chi connectivity index (χ2n) is 6.39. The number of nitro benzene ring substituents is 1. The van der Waals surface area contributed by atoms with Gasteiger partial charge < -0.3 is 14.5 Å². The van der Waals surface area contributed by atoms with Gasteiger partial charge in [-0.3, -0.25) is 30.0 Å². The van der Waals surface area contributed by atoms with Gasteiger partial charge in [0.25, 0.3) is 5.69 Å². The van der Waals surface area contributed by atoms with E-state index in [1.165, 1.54) is 31.4 Å². The monoisotopic (exact) mass is 440 g/mol. The van der Waals surface area contributed by atoms with E-state index in [0.29, 0.717) is 22.6 Å². The highest BCUT2D eigenvalue weighted by atomic mass is 16.6. The number of nitrogens with one attached hydrogen (secondary N) is 2. The van der Waals surface area contributed by atoms with E-state index in [1.54, 1.807) is 35.3 Å². The minimum atomic E-state index is -1.11. The molecule has 1 heterocycles. The van der Waals surface area contributed by atoms with E-state index in [4.69, 9.17) is 9.47 Å². The van der Waals surface area contributed by atoms with Gasteiger partial charge in [0.2, 0.25) is 0 Å². The third kappa shape index (κ3) is 5.05. The van der Waals surface area contributed by atoms with Gasteiger partial charge >= 0.3 is 16.9 Å². The van der Waals surface area contributed by atoms with Crippen molar-refractivity contribution < 1.29 is 19.3 Å². The highest BCUT2D eigenvalue weighted by Crippen LogP contribution is 2.30. The average Bonchev–Trinajstić information content (AvgIpc) is 2.75. The van der Waals surface area contributed by atoms with E-state index in [0.717, 1.165) is 0 Å². The van der Waals surface area contributed by atoms with Gasteiger partial charge in [0.1, 0.15) is 12.3 Å². The van der Waals surface area contributed by atoms with Crippen LogP contribution in [0.25, 0.3) is 12.2 Å². The molecule has 0 aliphatic heterocycles. The van der Waals surface area contributed by atoms with E-state index in [2.05, 4.69) is 4.98 Å². The Kier molecular flexibility index (Phi) is 6.44. The van der Waals surface area contributed by atoms with Crippen LogP contribution in [0.1, 0.15) is 16.8 Å². The maximum atomic E-state index is 11.7. The fraction of sp³-hybridized carbons (Fsp3) is 0.100. The molecule has 3 rings (SSSR count). The van der Waals surface area contributed by atoms with Crippen molar-refractivity contribution in [3.8, 4) is 11.5 Å². The molecule has 2 N–H and O–H groups in total. The number of H-pyrrole nitrogens is 2. The number of rotatable bonds is 8. The van der Waals surface area contributed by atoms with Crippen molar-refractivity contribution in [2.24, 2.45) is 0 Å². The first-order valence-corrected chi connectivity index (χ1v) is 9.01. The predicted molar refractivity (Wildman–Crippen MR) is 114 cm³/mol. The Bertz CT molecular complexity index is 1330. The number of hydrogen-bond donors (Lipinski definition) is 2. The first-order valence-electron chi connectivity index (χ1n) is 9.01. The molecule has 0 amide bonds. The second-order valence-corrected chi connectivity index (χ2v) is 6.39. The lowest BCUT2D eigenvalue weighted by Gasteiger charge is -2.11. The number of nitro groups is 2. The van der Waals surface area contributed by atoms with Crippen LogP contribution in [0.4, 0.5) is 11.4 Å². The van der Waals surface area contributed by atoms with E-state index in [9.17, 15) is 29.8 Å². The molecule has 0 aliphatic rings. The van der Waals surface area contributed by atoms with Crippen molar-refractivity contribution in [2.75, 3.05) is 7.11 Å². The van der Waals surface area contributed by atoms with Crippen LogP contribution in [0, 0.1) is 20.2 Å². The van der Waals surface area contributed by atoms with Gasteiger partial charge in [-0.2, -0.15) is 0 Å². The van der Waals surface area contributed by atoms with E-state index in [1.807, 2.05) is 0 Å². The minimum Gasteiger partial charge on any atom is -0.493 e. The van der Waals surface area contributed by atoms with Gasteiger partial charge in [-0.15, -0.1) is 0 Å². The number of methoxy groups -OCH3 is 1. The maximum Gasteiger partial charge on any atom is 0.357 e. The lowest BCUT2D eigenvalue weighted by molar-refractivity contribution is -0.386. The summed E-state index contributed by atoms with van der Waals surface area (Å²) in [5.41, 5.74) is -1.94. The number of nitrogens with zero attached hydrogens (tertiary/aromatic N) is 2. The van der Waals surface area contributed by atoms with Gasteiger partial charge in [-0.25, -0.2) is 4.79 Å². The summed E-state index contributed by atoms with van der Waals surface area (Å²) >= 11 is 0. The summed E-state index contributed by atoms with van der Waals surface area (Å²) in [6.07, 6.45) is 2.68. The smallest absolute Gasteiger partial charge is 0.357 e. The molecular weight excluding hydrogens is 424 g/mol. The summed E-state index contributed by atoms with van der Waals surface area (Å²) in [6, 6.07) is 10.8.